The zero-order valence-electron chi connectivity index (χ0n) is 14.0. The van der Waals surface area contributed by atoms with Crippen molar-refractivity contribution < 1.29 is 4.39 Å². The van der Waals surface area contributed by atoms with Gasteiger partial charge in [-0.05, 0) is 50.0 Å². The number of nitrogens with two attached hydrogens (primary N) is 1. The van der Waals surface area contributed by atoms with Gasteiger partial charge in [-0.3, -0.25) is 16.2 Å². The second-order valence-electron chi connectivity index (χ2n) is 5.59. The third-order valence-electron chi connectivity index (χ3n) is 4.85. The molecule has 0 saturated heterocycles. The van der Waals surface area contributed by atoms with Gasteiger partial charge in [-0.2, -0.15) is 0 Å². The Bertz CT molecular complexity index is 440. The topological polar surface area (TPSA) is 41.3 Å². The molecule has 1 aromatic rings. The van der Waals surface area contributed by atoms with Crippen LogP contribution in [0.2, 0.25) is 0 Å². The molecule has 0 fully saturated rings. The predicted octanol–water partition coefficient (Wildman–Crippen LogP) is 3.54. The zero-order valence-corrected chi connectivity index (χ0v) is 14.0. The summed E-state index contributed by atoms with van der Waals surface area (Å²) in [6.07, 6.45) is 1.91. The number of nitrogens with zero attached hydrogens (tertiary/aromatic N) is 1. The van der Waals surface area contributed by atoms with E-state index in [0.717, 1.165) is 31.5 Å². The van der Waals surface area contributed by atoms with Crippen LogP contribution >= 0.6 is 0 Å². The van der Waals surface area contributed by atoms with E-state index in [0.29, 0.717) is 5.56 Å². The Balaban J connectivity index is 3.33. The lowest BCUT2D eigenvalue weighted by Crippen LogP contribution is -2.57. The highest BCUT2D eigenvalue weighted by atomic mass is 19.1. The Morgan fingerprint density at radius 1 is 1.19 bits per heavy atom. The second-order valence-corrected chi connectivity index (χ2v) is 5.59. The lowest BCUT2D eigenvalue weighted by Gasteiger charge is -2.48. The van der Waals surface area contributed by atoms with Gasteiger partial charge in [0.15, 0.2) is 0 Å². The van der Waals surface area contributed by atoms with Crippen molar-refractivity contribution in [1.82, 2.24) is 10.3 Å². The molecule has 21 heavy (non-hydrogen) atoms. The second kappa shape index (κ2) is 7.87. The summed E-state index contributed by atoms with van der Waals surface area (Å²) in [7, 11) is 0. The number of rotatable bonds is 8. The van der Waals surface area contributed by atoms with Crippen LogP contribution in [0.1, 0.15) is 57.7 Å². The fourth-order valence-electron chi connectivity index (χ4n) is 3.49. The number of nitrogens with one attached hydrogen (secondary N) is 1. The van der Waals surface area contributed by atoms with Gasteiger partial charge in [-0.15, -0.1) is 0 Å². The van der Waals surface area contributed by atoms with Crippen LogP contribution < -0.4 is 11.3 Å². The number of hydrogen-bond acceptors (Lipinski definition) is 3. The molecule has 3 N–H and O–H groups in total. The van der Waals surface area contributed by atoms with Crippen molar-refractivity contribution >= 4 is 0 Å². The van der Waals surface area contributed by atoms with Gasteiger partial charge in [0.2, 0.25) is 0 Å². The molecule has 1 rings (SSSR count). The minimum atomic E-state index is -0.173. The Hall–Kier alpha value is -0.970. The number of aryl methyl sites for hydroxylation is 1. The summed E-state index contributed by atoms with van der Waals surface area (Å²) in [5.74, 6) is 5.71. The van der Waals surface area contributed by atoms with Crippen LogP contribution in [0, 0.1) is 12.7 Å². The van der Waals surface area contributed by atoms with Crippen LogP contribution in [0.15, 0.2) is 18.2 Å². The lowest BCUT2D eigenvalue weighted by atomic mass is 9.79. The summed E-state index contributed by atoms with van der Waals surface area (Å²) < 4.78 is 14.0. The molecule has 0 aliphatic rings. The molecule has 0 saturated carbocycles. The molecule has 1 aromatic carbocycles. The van der Waals surface area contributed by atoms with Gasteiger partial charge >= 0.3 is 0 Å². The van der Waals surface area contributed by atoms with Gasteiger partial charge < -0.3 is 0 Å². The van der Waals surface area contributed by atoms with Crippen molar-refractivity contribution in [3.63, 3.8) is 0 Å². The summed E-state index contributed by atoms with van der Waals surface area (Å²) in [6.45, 7) is 12.4. The molecular weight excluding hydrogens is 265 g/mol. The summed E-state index contributed by atoms with van der Waals surface area (Å²) in [5, 5.41) is 0. The minimum Gasteiger partial charge on any atom is -0.296 e. The van der Waals surface area contributed by atoms with Gasteiger partial charge in [-0.1, -0.05) is 39.8 Å². The highest BCUT2D eigenvalue weighted by Gasteiger charge is 2.40. The van der Waals surface area contributed by atoms with E-state index in [1.54, 1.807) is 13.0 Å². The average molecular weight is 295 g/mol. The van der Waals surface area contributed by atoms with Gasteiger partial charge in [-0.25, -0.2) is 4.39 Å². The molecule has 0 radical (unpaired) electrons. The first-order chi connectivity index (χ1) is 10.00. The highest BCUT2D eigenvalue weighted by molar-refractivity contribution is 5.28. The van der Waals surface area contributed by atoms with E-state index >= 15 is 0 Å². The first-order valence-corrected chi connectivity index (χ1v) is 7.97. The zero-order chi connectivity index (χ0) is 16.0. The summed E-state index contributed by atoms with van der Waals surface area (Å²) in [5.41, 5.74) is 4.41. The Labute approximate surface area is 128 Å². The molecular formula is C17H30FN3. The maximum Gasteiger partial charge on any atom is 0.126 e. The van der Waals surface area contributed by atoms with E-state index in [1.807, 2.05) is 12.1 Å². The summed E-state index contributed by atoms with van der Waals surface area (Å²) in [6, 6.07) is 5.32. The predicted molar refractivity (Wildman–Crippen MR) is 87.4 cm³/mol. The fraction of sp³-hybridized carbons (Fsp3) is 0.647. The molecule has 1 unspecified atom stereocenters. The van der Waals surface area contributed by atoms with Crippen molar-refractivity contribution in [2.45, 2.75) is 59.0 Å². The van der Waals surface area contributed by atoms with E-state index < -0.39 is 0 Å². The monoisotopic (exact) mass is 295 g/mol. The summed E-state index contributed by atoms with van der Waals surface area (Å²) >= 11 is 0. The number of likely N-dealkylation sites (N-methyl/N-ethyl adjacent to an activating group) is 1. The number of halogens is 1. The van der Waals surface area contributed by atoms with Crippen LogP contribution in [0.4, 0.5) is 4.39 Å². The molecule has 0 aromatic heterocycles. The minimum absolute atomic E-state index is 0.0949. The maximum absolute atomic E-state index is 14.0. The molecule has 0 spiro atoms. The van der Waals surface area contributed by atoms with Crippen LogP contribution in [-0.2, 0) is 0 Å². The number of benzene rings is 1. The van der Waals surface area contributed by atoms with Crippen LogP contribution in [0.5, 0.6) is 0 Å². The van der Waals surface area contributed by atoms with Gasteiger partial charge in [0.25, 0.3) is 0 Å². The van der Waals surface area contributed by atoms with E-state index in [4.69, 9.17) is 5.84 Å². The maximum atomic E-state index is 14.0. The largest absolute Gasteiger partial charge is 0.296 e. The van der Waals surface area contributed by atoms with Gasteiger partial charge in [0.1, 0.15) is 5.82 Å². The Morgan fingerprint density at radius 3 is 2.14 bits per heavy atom. The fourth-order valence-corrected chi connectivity index (χ4v) is 3.49. The average Bonchev–Trinajstić information content (AvgIpc) is 2.50. The lowest BCUT2D eigenvalue weighted by molar-refractivity contribution is 0.0486. The molecule has 0 bridgehead atoms. The van der Waals surface area contributed by atoms with Crippen molar-refractivity contribution in [2.75, 3.05) is 13.1 Å². The molecule has 0 aliphatic heterocycles. The molecule has 1 atom stereocenters. The normalized spacial score (nSPS) is 13.7. The van der Waals surface area contributed by atoms with Crippen LogP contribution in [0.3, 0.4) is 0 Å². The highest BCUT2D eigenvalue weighted by Crippen LogP contribution is 2.37. The number of hydrogen-bond donors (Lipinski definition) is 2. The van der Waals surface area contributed by atoms with Crippen LogP contribution in [0.25, 0.3) is 0 Å². The first kappa shape index (κ1) is 18.1. The molecule has 0 amide bonds. The third kappa shape index (κ3) is 3.44. The molecule has 3 nitrogen and oxygen atoms in total. The quantitative estimate of drug-likeness (QED) is 0.569. The Kier molecular flexibility index (Phi) is 6.78. The Morgan fingerprint density at radius 2 is 1.76 bits per heavy atom. The van der Waals surface area contributed by atoms with Crippen LogP contribution in [-0.4, -0.2) is 23.5 Å². The van der Waals surface area contributed by atoms with Crippen molar-refractivity contribution in [1.29, 1.82) is 0 Å². The van der Waals surface area contributed by atoms with Crippen molar-refractivity contribution in [2.24, 2.45) is 5.84 Å². The SMILES string of the molecule is CCN(CC)C(CC)(CC)C(NN)c1ccc(C)c(F)c1. The number of hydrazine groups is 1. The van der Waals surface area contributed by atoms with Crippen molar-refractivity contribution in [3.05, 3.63) is 35.1 Å². The van der Waals surface area contributed by atoms with E-state index in [1.165, 1.54) is 0 Å². The first-order valence-electron chi connectivity index (χ1n) is 7.97. The molecule has 0 aliphatic carbocycles. The van der Waals surface area contributed by atoms with Crippen molar-refractivity contribution in [3.8, 4) is 0 Å². The third-order valence-corrected chi connectivity index (χ3v) is 4.85. The van der Waals surface area contributed by atoms with Gasteiger partial charge in [0.05, 0.1) is 6.04 Å². The molecule has 4 heteroatoms. The summed E-state index contributed by atoms with van der Waals surface area (Å²) in [4.78, 5) is 2.43. The smallest absolute Gasteiger partial charge is 0.126 e. The standard InChI is InChI=1S/C17H30FN3/c1-6-17(7-2,21(8-3)9-4)16(20-19)14-11-10-13(5)15(18)12-14/h10-12,16,20H,6-9,19H2,1-5H3. The molecule has 120 valence electrons. The van der Waals surface area contributed by atoms with E-state index in [9.17, 15) is 4.39 Å². The molecule has 0 heterocycles. The van der Waals surface area contributed by atoms with Gasteiger partial charge in [0, 0.05) is 5.54 Å². The van der Waals surface area contributed by atoms with E-state index in [2.05, 4.69) is 38.0 Å². The van der Waals surface area contributed by atoms with E-state index in [-0.39, 0.29) is 17.4 Å².